The van der Waals surface area contributed by atoms with Gasteiger partial charge in [0.1, 0.15) is 24.0 Å². The standard InChI is InChI=1S/C15H13F2NO3/c16-11-7-10(8-12(17)9-11)15(20)18-13-1-3-14(4-2-13)21-6-5-19/h1-4,7-9,19H,5-6H2,(H,18,20). The molecular formula is C15H13F2NO3. The number of rotatable bonds is 5. The van der Waals surface area contributed by atoms with E-state index in [1.54, 1.807) is 24.3 Å². The predicted molar refractivity (Wildman–Crippen MR) is 73.3 cm³/mol. The molecule has 4 nitrogen and oxygen atoms in total. The second kappa shape index (κ2) is 6.81. The van der Waals surface area contributed by atoms with Crippen molar-refractivity contribution in [1.29, 1.82) is 0 Å². The number of aliphatic hydroxyl groups excluding tert-OH is 1. The third-order valence-corrected chi connectivity index (χ3v) is 2.60. The highest BCUT2D eigenvalue weighted by atomic mass is 19.1. The summed E-state index contributed by atoms with van der Waals surface area (Å²) in [6.07, 6.45) is 0. The van der Waals surface area contributed by atoms with Gasteiger partial charge >= 0.3 is 0 Å². The smallest absolute Gasteiger partial charge is 0.255 e. The third-order valence-electron chi connectivity index (χ3n) is 2.60. The largest absolute Gasteiger partial charge is 0.491 e. The van der Waals surface area contributed by atoms with Crippen molar-refractivity contribution >= 4 is 11.6 Å². The molecule has 2 aromatic carbocycles. The second-order valence-electron chi connectivity index (χ2n) is 4.21. The van der Waals surface area contributed by atoms with Crippen molar-refractivity contribution in [3.63, 3.8) is 0 Å². The van der Waals surface area contributed by atoms with Crippen molar-refractivity contribution < 1.29 is 23.4 Å². The average molecular weight is 293 g/mol. The van der Waals surface area contributed by atoms with Gasteiger partial charge in [-0.25, -0.2) is 8.78 Å². The van der Waals surface area contributed by atoms with Crippen LogP contribution in [0.5, 0.6) is 5.75 Å². The van der Waals surface area contributed by atoms with Crippen LogP contribution in [0.4, 0.5) is 14.5 Å². The van der Waals surface area contributed by atoms with Crippen molar-refractivity contribution in [3.8, 4) is 5.75 Å². The van der Waals surface area contributed by atoms with Crippen LogP contribution in [0.15, 0.2) is 42.5 Å². The summed E-state index contributed by atoms with van der Waals surface area (Å²) in [5.41, 5.74) is 0.356. The summed E-state index contributed by atoms with van der Waals surface area (Å²) in [5.74, 6) is -1.70. The molecule has 21 heavy (non-hydrogen) atoms. The SMILES string of the molecule is O=C(Nc1ccc(OCCO)cc1)c1cc(F)cc(F)c1. The van der Waals surface area contributed by atoms with Crippen LogP contribution in [0.25, 0.3) is 0 Å². The van der Waals surface area contributed by atoms with E-state index in [-0.39, 0.29) is 18.8 Å². The van der Waals surface area contributed by atoms with Gasteiger partial charge in [0.25, 0.3) is 5.91 Å². The first-order chi connectivity index (χ1) is 10.1. The summed E-state index contributed by atoms with van der Waals surface area (Å²) < 4.78 is 31.3. The molecule has 2 aromatic rings. The van der Waals surface area contributed by atoms with Crippen molar-refractivity contribution in [2.75, 3.05) is 18.5 Å². The normalized spacial score (nSPS) is 10.2. The Hall–Kier alpha value is -2.47. The highest BCUT2D eigenvalue weighted by molar-refractivity contribution is 6.04. The molecule has 0 saturated carbocycles. The maximum absolute atomic E-state index is 13.0. The van der Waals surface area contributed by atoms with Crippen LogP contribution in [0.2, 0.25) is 0 Å². The highest BCUT2D eigenvalue weighted by Gasteiger charge is 2.09. The highest BCUT2D eigenvalue weighted by Crippen LogP contribution is 2.17. The molecule has 0 unspecified atom stereocenters. The number of nitrogens with one attached hydrogen (secondary N) is 1. The fraction of sp³-hybridized carbons (Fsp3) is 0.133. The van der Waals surface area contributed by atoms with Crippen molar-refractivity contribution in [3.05, 3.63) is 59.7 Å². The van der Waals surface area contributed by atoms with E-state index < -0.39 is 17.5 Å². The van der Waals surface area contributed by atoms with Gasteiger partial charge in [-0.1, -0.05) is 0 Å². The van der Waals surface area contributed by atoms with Gasteiger partial charge < -0.3 is 15.2 Å². The quantitative estimate of drug-likeness (QED) is 0.891. The Morgan fingerprint density at radius 1 is 1.10 bits per heavy atom. The van der Waals surface area contributed by atoms with Gasteiger partial charge in [-0.05, 0) is 36.4 Å². The minimum atomic E-state index is -0.812. The van der Waals surface area contributed by atoms with E-state index >= 15 is 0 Å². The number of anilines is 1. The minimum absolute atomic E-state index is 0.0936. The molecule has 2 N–H and O–H groups in total. The molecule has 0 atom stereocenters. The molecule has 0 aliphatic rings. The zero-order chi connectivity index (χ0) is 15.2. The Morgan fingerprint density at radius 2 is 1.71 bits per heavy atom. The van der Waals surface area contributed by atoms with Crippen molar-refractivity contribution in [2.45, 2.75) is 0 Å². The first kappa shape index (κ1) is 14.9. The fourth-order valence-corrected chi connectivity index (χ4v) is 1.69. The number of aliphatic hydroxyl groups is 1. The van der Waals surface area contributed by atoms with Crippen molar-refractivity contribution in [1.82, 2.24) is 0 Å². The van der Waals surface area contributed by atoms with Gasteiger partial charge in [0, 0.05) is 17.3 Å². The molecule has 0 radical (unpaired) electrons. The Morgan fingerprint density at radius 3 is 2.29 bits per heavy atom. The molecule has 110 valence electrons. The maximum atomic E-state index is 13.0. The average Bonchev–Trinajstić information content (AvgIpc) is 2.45. The van der Waals surface area contributed by atoms with E-state index in [0.717, 1.165) is 12.1 Å². The third kappa shape index (κ3) is 4.25. The number of amides is 1. The van der Waals surface area contributed by atoms with Gasteiger partial charge in [0.15, 0.2) is 0 Å². The lowest BCUT2D eigenvalue weighted by Crippen LogP contribution is -2.12. The second-order valence-corrected chi connectivity index (χ2v) is 4.21. The molecule has 0 saturated heterocycles. The zero-order valence-corrected chi connectivity index (χ0v) is 11.0. The van der Waals surface area contributed by atoms with Gasteiger partial charge in [0.2, 0.25) is 0 Å². The van der Waals surface area contributed by atoms with Crippen LogP contribution < -0.4 is 10.1 Å². The van der Waals surface area contributed by atoms with Crippen LogP contribution >= 0.6 is 0 Å². The Balaban J connectivity index is 2.05. The lowest BCUT2D eigenvalue weighted by atomic mass is 10.2. The number of hydrogen-bond donors (Lipinski definition) is 2. The maximum Gasteiger partial charge on any atom is 0.255 e. The van der Waals surface area contributed by atoms with Crippen molar-refractivity contribution in [2.24, 2.45) is 0 Å². The first-order valence-corrected chi connectivity index (χ1v) is 6.19. The lowest BCUT2D eigenvalue weighted by molar-refractivity contribution is 0.102. The molecule has 0 heterocycles. The molecular weight excluding hydrogens is 280 g/mol. The summed E-state index contributed by atoms with van der Waals surface area (Å²) >= 11 is 0. The number of hydrogen-bond acceptors (Lipinski definition) is 3. The number of halogens is 2. The van der Waals surface area contributed by atoms with Gasteiger partial charge in [-0.3, -0.25) is 4.79 Å². The molecule has 0 aliphatic carbocycles. The topological polar surface area (TPSA) is 58.6 Å². The number of carbonyl (C=O) groups excluding carboxylic acids is 1. The first-order valence-electron chi connectivity index (χ1n) is 6.19. The molecule has 0 bridgehead atoms. The lowest BCUT2D eigenvalue weighted by Gasteiger charge is -2.08. The van der Waals surface area contributed by atoms with E-state index in [4.69, 9.17) is 9.84 Å². The predicted octanol–water partition coefficient (Wildman–Crippen LogP) is 2.59. The minimum Gasteiger partial charge on any atom is -0.491 e. The summed E-state index contributed by atoms with van der Waals surface area (Å²) in [5, 5.41) is 11.1. The zero-order valence-electron chi connectivity index (χ0n) is 11.0. The summed E-state index contributed by atoms with van der Waals surface area (Å²) in [7, 11) is 0. The van der Waals surface area contributed by atoms with Gasteiger partial charge in [0.05, 0.1) is 6.61 Å². The summed E-state index contributed by atoms with van der Waals surface area (Å²) in [4.78, 5) is 11.9. The molecule has 0 spiro atoms. The Bertz CT molecular complexity index is 609. The molecule has 0 fully saturated rings. The van der Waals surface area contributed by atoms with Crippen LogP contribution in [-0.2, 0) is 0 Å². The molecule has 2 rings (SSSR count). The molecule has 0 aromatic heterocycles. The number of benzene rings is 2. The molecule has 6 heteroatoms. The van der Waals surface area contributed by atoms with Gasteiger partial charge in [-0.15, -0.1) is 0 Å². The summed E-state index contributed by atoms with van der Waals surface area (Å²) in [6.45, 7) is 0.0812. The Kier molecular flexibility index (Phi) is 4.84. The van der Waals surface area contributed by atoms with E-state index in [1.807, 2.05) is 0 Å². The summed E-state index contributed by atoms with van der Waals surface area (Å²) in [6, 6.07) is 8.99. The number of ether oxygens (including phenoxy) is 1. The van der Waals surface area contributed by atoms with E-state index in [1.165, 1.54) is 0 Å². The fourth-order valence-electron chi connectivity index (χ4n) is 1.69. The monoisotopic (exact) mass is 293 g/mol. The van der Waals surface area contributed by atoms with E-state index in [0.29, 0.717) is 17.5 Å². The van der Waals surface area contributed by atoms with Crippen LogP contribution in [0.1, 0.15) is 10.4 Å². The van der Waals surface area contributed by atoms with Crippen LogP contribution in [0.3, 0.4) is 0 Å². The molecule has 0 aliphatic heterocycles. The van der Waals surface area contributed by atoms with Crippen LogP contribution in [0, 0.1) is 11.6 Å². The van der Waals surface area contributed by atoms with E-state index in [2.05, 4.69) is 5.32 Å². The van der Waals surface area contributed by atoms with E-state index in [9.17, 15) is 13.6 Å². The van der Waals surface area contributed by atoms with Crippen LogP contribution in [-0.4, -0.2) is 24.2 Å². The number of carbonyl (C=O) groups is 1. The van der Waals surface area contributed by atoms with Gasteiger partial charge in [-0.2, -0.15) is 0 Å². The molecule has 1 amide bonds. The Labute approximate surface area is 120 Å².